The van der Waals surface area contributed by atoms with Gasteiger partial charge < -0.3 is 5.32 Å². The second-order valence-electron chi connectivity index (χ2n) is 5.45. The number of aromatic nitrogens is 2. The third-order valence-electron chi connectivity index (χ3n) is 3.57. The van der Waals surface area contributed by atoms with Crippen LogP contribution in [0, 0.1) is 0 Å². The molecule has 0 fully saturated rings. The molecule has 0 aliphatic rings. The number of nitrogens with zero attached hydrogens (tertiary/aromatic N) is 2. The lowest BCUT2D eigenvalue weighted by molar-refractivity contribution is 0.0950. The van der Waals surface area contributed by atoms with E-state index in [1.807, 2.05) is 18.2 Å². The Hall–Kier alpha value is -2.62. The Labute approximate surface area is 155 Å². The number of nitrogens with two attached hydrogens (primary N) is 1. The Balaban J connectivity index is 1.55. The van der Waals surface area contributed by atoms with E-state index in [2.05, 4.69) is 15.3 Å². The molecule has 0 spiro atoms. The van der Waals surface area contributed by atoms with Crippen LogP contribution in [0.3, 0.4) is 0 Å². The Bertz CT molecular complexity index is 1000. The molecule has 26 heavy (non-hydrogen) atoms. The van der Waals surface area contributed by atoms with Gasteiger partial charge in [0.05, 0.1) is 10.6 Å². The summed E-state index contributed by atoms with van der Waals surface area (Å²) in [6.45, 7) is 0.407. The average Bonchev–Trinajstić information content (AvgIpc) is 3.12. The van der Waals surface area contributed by atoms with Crippen LogP contribution in [0.15, 0.2) is 58.9 Å². The molecule has 134 valence electrons. The van der Waals surface area contributed by atoms with Crippen LogP contribution in [0.4, 0.5) is 0 Å². The van der Waals surface area contributed by atoms with Gasteiger partial charge in [-0.05, 0) is 36.2 Å². The summed E-state index contributed by atoms with van der Waals surface area (Å²) in [5.74, 6) is -0.260. The summed E-state index contributed by atoms with van der Waals surface area (Å²) in [5, 5.41) is 10.2. The summed E-state index contributed by atoms with van der Waals surface area (Å²) in [5.41, 5.74) is 1.97. The third-order valence-corrected chi connectivity index (χ3v) is 5.37. The van der Waals surface area contributed by atoms with Crippen molar-refractivity contribution in [3.8, 4) is 10.7 Å². The Kier molecular flexibility index (Phi) is 5.40. The number of hydrogen-bond acceptors (Lipinski definition) is 6. The number of carbonyl (C=O) groups excluding carboxylic acids is 1. The van der Waals surface area contributed by atoms with E-state index in [0.717, 1.165) is 11.3 Å². The molecular weight excluding hydrogens is 372 g/mol. The largest absolute Gasteiger partial charge is 0.350 e. The lowest BCUT2D eigenvalue weighted by Crippen LogP contribution is -2.26. The normalized spacial score (nSPS) is 11.3. The quantitative estimate of drug-likeness (QED) is 0.668. The number of hydrogen-bond donors (Lipinski definition) is 2. The van der Waals surface area contributed by atoms with E-state index in [4.69, 9.17) is 5.14 Å². The van der Waals surface area contributed by atoms with Crippen molar-refractivity contribution >= 4 is 27.3 Å². The predicted octanol–water partition coefficient (Wildman–Crippen LogP) is 1.82. The smallest absolute Gasteiger partial charge is 0.270 e. The van der Waals surface area contributed by atoms with E-state index < -0.39 is 10.0 Å². The van der Waals surface area contributed by atoms with E-state index in [1.54, 1.807) is 23.7 Å². The first kappa shape index (κ1) is 18.2. The Morgan fingerprint density at radius 2 is 1.92 bits per heavy atom. The number of rotatable bonds is 6. The number of benzene rings is 1. The standard InChI is InChI=1S/C17H16N4O3S2/c18-26(23,24)13-6-4-12(5-7-13)8-10-20-16(22)15-11-25-17(21-15)14-3-1-2-9-19-14/h1-7,9,11H,8,10H2,(H,20,22)(H2,18,23,24). The molecule has 3 rings (SSSR count). The zero-order chi connectivity index (χ0) is 18.6. The van der Waals surface area contributed by atoms with Crippen molar-refractivity contribution in [3.63, 3.8) is 0 Å². The number of thiazole rings is 1. The summed E-state index contributed by atoms with van der Waals surface area (Å²) in [6, 6.07) is 11.8. The lowest BCUT2D eigenvalue weighted by atomic mass is 10.1. The number of sulfonamides is 1. The number of primary sulfonamides is 1. The Morgan fingerprint density at radius 1 is 1.15 bits per heavy atom. The monoisotopic (exact) mass is 388 g/mol. The minimum absolute atomic E-state index is 0.0646. The molecule has 0 saturated carbocycles. The van der Waals surface area contributed by atoms with Gasteiger partial charge in [-0.2, -0.15) is 0 Å². The van der Waals surface area contributed by atoms with E-state index in [1.165, 1.54) is 23.5 Å². The molecule has 0 unspecified atom stereocenters. The molecule has 0 bridgehead atoms. The fraction of sp³-hybridized carbons (Fsp3) is 0.118. The summed E-state index contributed by atoms with van der Waals surface area (Å²) in [6.07, 6.45) is 2.24. The summed E-state index contributed by atoms with van der Waals surface area (Å²) < 4.78 is 22.4. The van der Waals surface area contributed by atoms with Crippen LogP contribution in [0.2, 0.25) is 0 Å². The predicted molar refractivity (Wildman–Crippen MR) is 99.2 cm³/mol. The molecule has 0 radical (unpaired) electrons. The van der Waals surface area contributed by atoms with Crippen molar-refractivity contribution in [2.75, 3.05) is 6.54 Å². The highest BCUT2D eigenvalue weighted by molar-refractivity contribution is 7.89. The molecule has 3 N–H and O–H groups in total. The topological polar surface area (TPSA) is 115 Å². The molecule has 1 aromatic carbocycles. The van der Waals surface area contributed by atoms with Gasteiger partial charge in [0.2, 0.25) is 10.0 Å². The molecule has 2 heterocycles. The van der Waals surface area contributed by atoms with Gasteiger partial charge in [-0.3, -0.25) is 9.78 Å². The fourth-order valence-electron chi connectivity index (χ4n) is 2.24. The van der Waals surface area contributed by atoms with Gasteiger partial charge in [0, 0.05) is 18.1 Å². The minimum atomic E-state index is -3.69. The van der Waals surface area contributed by atoms with Crippen molar-refractivity contribution in [1.29, 1.82) is 0 Å². The van der Waals surface area contributed by atoms with Gasteiger partial charge in [-0.25, -0.2) is 18.5 Å². The lowest BCUT2D eigenvalue weighted by Gasteiger charge is -2.05. The molecule has 1 amide bonds. The molecule has 0 aliphatic carbocycles. The average molecular weight is 388 g/mol. The number of pyridine rings is 1. The van der Waals surface area contributed by atoms with Crippen LogP contribution >= 0.6 is 11.3 Å². The van der Waals surface area contributed by atoms with Crippen LogP contribution in [0.25, 0.3) is 10.7 Å². The fourth-order valence-corrected chi connectivity index (χ4v) is 3.53. The molecule has 0 saturated heterocycles. The zero-order valence-electron chi connectivity index (χ0n) is 13.6. The van der Waals surface area contributed by atoms with Gasteiger partial charge in [-0.1, -0.05) is 18.2 Å². The molecular formula is C17H16N4O3S2. The molecule has 9 heteroatoms. The van der Waals surface area contributed by atoms with Gasteiger partial charge in [0.1, 0.15) is 10.7 Å². The summed E-state index contributed by atoms with van der Waals surface area (Å²) in [4.78, 5) is 20.8. The van der Waals surface area contributed by atoms with E-state index >= 15 is 0 Å². The van der Waals surface area contributed by atoms with Crippen LogP contribution in [-0.2, 0) is 16.4 Å². The molecule has 3 aromatic rings. The third kappa shape index (κ3) is 4.51. The second-order valence-corrected chi connectivity index (χ2v) is 7.87. The maximum atomic E-state index is 12.2. The molecule has 7 nitrogen and oxygen atoms in total. The minimum Gasteiger partial charge on any atom is -0.350 e. The van der Waals surface area contributed by atoms with Gasteiger partial charge in [0.15, 0.2) is 0 Å². The van der Waals surface area contributed by atoms with Gasteiger partial charge >= 0.3 is 0 Å². The van der Waals surface area contributed by atoms with Crippen molar-refractivity contribution in [2.45, 2.75) is 11.3 Å². The van der Waals surface area contributed by atoms with Crippen LogP contribution < -0.4 is 10.5 Å². The van der Waals surface area contributed by atoms with E-state index in [-0.39, 0.29) is 10.8 Å². The highest BCUT2D eigenvalue weighted by Crippen LogP contribution is 2.21. The van der Waals surface area contributed by atoms with Gasteiger partial charge in [-0.15, -0.1) is 11.3 Å². The highest BCUT2D eigenvalue weighted by atomic mass is 32.2. The van der Waals surface area contributed by atoms with Crippen molar-refractivity contribution in [2.24, 2.45) is 5.14 Å². The maximum Gasteiger partial charge on any atom is 0.270 e. The zero-order valence-corrected chi connectivity index (χ0v) is 15.3. The van der Waals surface area contributed by atoms with Gasteiger partial charge in [0.25, 0.3) is 5.91 Å². The Morgan fingerprint density at radius 3 is 2.58 bits per heavy atom. The van der Waals surface area contributed by atoms with Crippen molar-refractivity contribution < 1.29 is 13.2 Å². The number of carbonyl (C=O) groups is 1. The summed E-state index contributed by atoms with van der Waals surface area (Å²) >= 11 is 1.36. The highest BCUT2D eigenvalue weighted by Gasteiger charge is 2.12. The van der Waals surface area contributed by atoms with Crippen LogP contribution in [-0.4, -0.2) is 30.8 Å². The first-order valence-electron chi connectivity index (χ1n) is 7.70. The van der Waals surface area contributed by atoms with Crippen molar-refractivity contribution in [1.82, 2.24) is 15.3 Å². The molecule has 0 atom stereocenters. The molecule has 0 aliphatic heterocycles. The van der Waals surface area contributed by atoms with Crippen LogP contribution in [0.1, 0.15) is 16.1 Å². The first-order valence-corrected chi connectivity index (χ1v) is 10.1. The first-order chi connectivity index (χ1) is 12.4. The second kappa shape index (κ2) is 7.73. The number of amides is 1. The molecule has 2 aromatic heterocycles. The van der Waals surface area contributed by atoms with E-state index in [0.29, 0.717) is 23.7 Å². The maximum absolute atomic E-state index is 12.2. The number of nitrogens with one attached hydrogen (secondary N) is 1. The summed E-state index contributed by atoms with van der Waals surface area (Å²) in [7, 11) is -3.69. The van der Waals surface area contributed by atoms with E-state index in [9.17, 15) is 13.2 Å². The van der Waals surface area contributed by atoms with Crippen molar-refractivity contribution in [3.05, 3.63) is 65.3 Å². The SMILES string of the molecule is NS(=O)(=O)c1ccc(CCNC(=O)c2csc(-c3ccccn3)n2)cc1. The van der Waals surface area contributed by atoms with Crippen LogP contribution in [0.5, 0.6) is 0 Å².